The fourth-order valence-electron chi connectivity index (χ4n) is 0.630. The number of hydrogen-bond donors (Lipinski definition) is 1. The second kappa shape index (κ2) is 4.54. The molecule has 12 heavy (non-hydrogen) atoms. The van der Waals surface area contributed by atoms with Crippen LogP contribution in [-0.4, -0.2) is 5.08 Å². The number of benzene rings is 1. The molecule has 0 aliphatic carbocycles. The van der Waals surface area contributed by atoms with E-state index in [0.29, 0.717) is 5.02 Å². The molecule has 1 atom stereocenters. The highest BCUT2D eigenvalue weighted by Crippen LogP contribution is 2.16. The Kier molecular flexibility index (Phi) is 3.65. The Hall–Kier alpha value is -0.450. The van der Waals surface area contributed by atoms with E-state index >= 15 is 0 Å². The van der Waals surface area contributed by atoms with Gasteiger partial charge >= 0.3 is 0 Å². The normalized spacial score (nSPS) is 13.6. The van der Waals surface area contributed by atoms with Crippen molar-refractivity contribution in [3.8, 4) is 0 Å². The van der Waals surface area contributed by atoms with Gasteiger partial charge in [-0.1, -0.05) is 11.6 Å². The van der Waals surface area contributed by atoms with Crippen molar-refractivity contribution >= 4 is 33.2 Å². The summed E-state index contributed by atoms with van der Waals surface area (Å²) in [4.78, 5) is 0. The van der Waals surface area contributed by atoms with Crippen LogP contribution < -0.4 is 5.73 Å². The monoisotopic (exact) mass is 247 g/mol. The third-order valence-corrected chi connectivity index (χ3v) is 1.55. The first kappa shape index (κ1) is 9.64. The number of hydrogen-bond acceptors (Lipinski definition) is 3. The van der Waals surface area contributed by atoms with Gasteiger partial charge in [-0.3, -0.25) is 5.73 Å². The maximum atomic E-state index is 5.67. The summed E-state index contributed by atoms with van der Waals surface area (Å²) in [5.41, 5.74) is 6.03. The molecule has 0 saturated heterocycles. The second-order valence-electron chi connectivity index (χ2n) is 2.06. The van der Waals surface area contributed by atoms with Crippen LogP contribution in [0.1, 0.15) is 0 Å². The molecule has 0 radical (unpaired) electrons. The summed E-state index contributed by atoms with van der Waals surface area (Å²) in [7, 11) is 0. The lowest BCUT2D eigenvalue weighted by atomic mass is 10.3. The Morgan fingerprint density at radius 1 is 1.33 bits per heavy atom. The Morgan fingerprint density at radius 2 is 1.92 bits per heavy atom. The molecule has 1 rings (SSSR count). The highest BCUT2D eigenvalue weighted by Gasteiger charge is 1.91. The molecule has 1 aromatic rings. The van der Waals surface area contributed by atoms with Crippen LogP contribution in [0.2, 0.25) is 5.02 Å². The molecule has 0 heterocycles. The van der Waals surface area contributed by atoms with Gasteiger partial charge in [-0.15, -0.1) is 0 Å². The third-order valence-electron chi connectivity index (χ3n) is 1.11. The molecule has 2 N–H and O–H groups in total. The van der Waals surface area contributed by atoms with Crippen molar-refractivity contribution in [2.45, 2.75) is 5.08 Å². The first-order valence-electron chi connectivity index (χ1n) is 3.24. The van der Waals surface area contributed by atoms with Crippen molar-refractivity contribution in [3.05, 3.63) is 29.3 Å². The summed E-state index contributed by atoms with van der Waals surface area (Å²) < 4.78 is 0. The van der Waals surface area contributed by atoms with E-state index in [-0.39, 0.29) is 0 Å². The zero-order chi connectivity index (χ0) is 8.97. The van der Waals surface area contributed by atoms with Gasteiger partial charge in [0.1, 0.15) is 0 Å². The van der Waals surface area contributed by atoms with Crippen molar-refractivity contribution in [1.29, 1.82) is 0 Å². The molecule has 0 aliphatic rings. The first-order valence-corrected chi connectivity index (χ1v) is 4.54. The zero-order valence-corrected chi connectivity index (χ0v) is 8.46. The molecule has 0 bridgehead atoms. The third kappa shape index (κ3) is 3.30. The van der Waals surface area contributed by atoms with Gasteiger partial charge < -0.3 is 0 Å². The second-order valence-corrected chi connectivity index (χ2v) is 3.44. The molecule has 0 aliphatic heterocycles. The van der Waals surface area contributed by atoms with E-state index in [1.807, 2.05) is 0 Å². The zero-order valence-electron chi connectivity index (χ0n) is 6.11. The van der Waals surface area contributed by atoms with Gasteiger partial charge in [-0.05, 0) is 40.2 Å². The fraction of sp³-hybridized carbons (Fsp3) is 0.143. The van der Waals surface area contributed by atoms with E-state index in [0.717, 1.165) is 5.69 Å². The van der Waals surface area contributed by atoms with Gasteiger partial charge in [-0.25, -0.2) is 0 Å². The highest BCUT2D eigenvalue weighted by molar-refractivity contribution is 9.09. The molecule has 5 heteroatoms. The lowest BCUT2D eigenvalue weighted by Gasteiger charge is -1.93. The maximum Gasteiger partial charge on any atom is 0.174 e. The Morgan fingerprint density at radius 3 is 2.42 bits per heavy atom. The summed E-state index contributed by atoms with van der Waals surface area (Å²) in [6.07, 6.45) is 0. The molecular formula is C7H7BrClN3. The quantitative estimate of drug-likeness (QED) is 0.488. The summed E-state index contributed by atoms with van der Waals surface area (Å²) in [5.74, 6) is 0. The fourth-order valence-corrected chi connectivity index (χ4v) is 0.847. The van der Waals surface area contributed by atoms with E-state index in [2.05, 4.69) is 26.2 Å². The molecule has 1 unspecified atom stereocenters. The first-order chi connectivity index (χ1) is 5.68. The summed E-state index contributed by atoms with van der Waals surface area (Å²) >= 11 is 8.71. The Bertz CT molecular complexity index is 270. The minimum Gasteiger partial charge on any atom is -0.299 e. The Balaban J connectivity index is 2.71. The molecule has 0 fully saturated rings. The van der Waals surface area contributed by atoms with Crippen molar-refractivity contribution < 1.29 is 0 Å². The van der Waals surface area contributed by atoms with Crippen LogP contribution in [0.25, 0.3) is 0 Å². The maximum absolute atomic E-state index is 5.67. The topological polar surface area (TPSA) is 50.7 Å². The largest absolute Gasteiger partial charge is 0.299 e. The van der Waals surface area contributed by atoms with Crippen molar-refractivity contribution in [2.24, 2.45) is 16.0 Å². The molecule has 64 valence electrons. The van der Waals surface area contributed by atoms with E-state index in [4.69, 9.17) is 17.3 Å². The molecule has 1 aromatic carbocycles. The lowest BCUT2D eigenvalue weighted by molar-refractivity contribution is 0.919. The highest BCUT2D eigenvalue weighted by atomic mass is 79.9. The number of nitrogens with two attached hydrogens (primary N) is 1. The number of azo groups is 1. The number of halogens is 2. The van der Waals surface area contributed by atoms with Crippen molar-refractivity contribution in [2.75, 3.05) is 0 Å². The van der Waals surface area contributed by atoms with E-state index in [1.165, 1.54) is 0 Å². The minimum atomic E-state index is -0.451. The van der Waals surface area contributed by atoms with Crippen LogP contribution in [0.5, 0.6) is 0 Å². The standard InChI is InChI=1S/C7H7BrClN3/c8-7(10)12-11-6-3-1-5(9)2-4-6/h1-4,7H,10H2. The summed E-state index contributed by atoms with van der Waals surface area (Å²) in [5, 5.41) is 7.77. The van der Waals surface area contributed by atoms with Gasteiger partial charge in [-0.2, -0.15) is 10.2 Å². The lowest BCUT2D eigenvalue weighted by Crippen LogP contribution is -2.04. The SMILES string of the molecule is NC(Br)N=Nc1ccc(Cl)cc1. The molecule has 0 amide bonds. The van der Waals surface area contributed by atoms with Crippen molar-refractivity contribution in [1.82, 2.24) is 0 Å². The molecule has 0 aromatic heterocycles. The average molecular weight is 249 g/mol. The molecular weight excluding hydrogens is 241 g/mol. The molecule has 0 saturated carbocycles. The van der Waals surface area contributed by atoms with Gasteiger partial charge in [0.25, 0.3) is 0 Å². The van der Waals surface area contributed by atoms with Crippen LogP contribution in [-0.2, 0) is 0 Å². The number of rotatable bonds is 2. The predicted octanol–water partition coefficient (Wildman–Crippen LogP) is 3.06. The number of alkyl halides is 1. The van der Waals surface area contributed by atoms with Gasteiger partial charge in [0.2, 0.25) is 0 Å². The number of nitrogens with zero attached hydrogens (tertiary/aromatic N) is 2. The van der Waals surface area contributed by atoms with Gasteiger partial charge in [0.05, 0.1) is 5.69 Å². The van der Waals surface area contributed by atoms with Crippen molar-refractivity contribution in [3.63, 3.8) is 0 Å². The van der Waals surface area contributed by atoms with Crippen LogP contribution in [0, 0.1) is 0 Å². The minimum absolute atomic E-state index is 0.451. The van der Waals surface area contributed by atoms with Crippen LogP contribution in [0.15, 0.2) is 34.5 Å². The van der Waals surface area contributed by atoms with E-state index in [9.17, 15) is 0 Å². The molecule has 3 nitrogen and oxygen atoms in total. The molecule has 0 spiro atoms. The van der Waals surface area contributed by atoms with Crippen LogP contribution in [0.4, 0.5) is 5.69 Å². The van der Waals surface area contributed by atoms with Gasteiger partial charge in [0.15, 0.2) is 5.08 Å². The van der Waals surface area contributed by atoms with E-state index in [1.54, 1.807) is 24.3 Å². The smallest absolute Gasteiger partial charge is 0.174 e. The predicted molar refractivity (Wildman–Crippen MR) is 52.9 cm³/mol. The summed E-state index contributed by atoms with van der Waals surface area (Å²) in [6.45, 7) is 0. The average Bonchev–Trinajstić information content (AvgIpc) is 2.03. The van der Waals surface area contributed by atoms with E-state index < -0.39 is 5.08 Å². The van der Waals surface area contributed by atoms with Crippen LogP contribution >= 0.6 is 27.5 Å². The Labute approximate surface area is 83.8 Å². The van der Waals surface area contributed by atoms with Crippen LogP contribution in [0.3, 0.4) is 0 Å². The summed E-state index contributed by atoms with van der Waals surface area (Å²) in [6, 6.07) is 7.02. The van der Waals surface area contributed by atoms with Gasteiger partial charge in [0, 0.05) is 5.02 Å².